The summed E-state index contributed by atoms with van der Waals surface area (Å²) < 4.78 is 7.69. The Hall–Kier alpha value is -2.28. The summed E-state index contributed by atoms with van der Waals surface area (Å²) in [4.78, 5) is 18.9. The number of nitrogens with zero attached hydrogens (tertiary/aromatic N) is 5. The van der Waals surface area contributed by atoms with Crippen LogP contribution in [0.25, 0.3) is 0 Å². The van der Waals surface area contributed by atoms with E-state index < -0.39 is 0 Å². The maximum Gasteiger partial charge on any atom is 0.273 e. The third-order valence-corrected chi connectivity index (χ3v) is 4.73. The van der Waals surface area contributed by atoms with E-state index in [9.17, 15) is 4.79 Å². The summed E-state index contributed by atoms with van der Waals surface area (Å²) in [5.41, 5.74) is 2.39. The van der Waals surface area contributed by atoms with Gasteiger partial charge in [-0.05, 0) is 30.9 Å². The highest BCUT2D eigenvalue weighted by Gasteiger charge is 2.36. The van der Waals surface area contributed by atoms with Crippen molar-refractivity contribution < 1.29 is 9.53 Å². The summed E-state index contributed by atoms with van der Waals surface area (Å²) in [6.07, 6.45) is 4.88. The Bertz CT molecular complexity index is 726. The Morgan fingerprint density at radius 1 is 1.33 bits per heavy atom. The fourth-order valence-electron chi connectivity index (χ4n) is 3.15. The van der Waals surface area contributed by atoms with Gasteiger partial charge in [0.05, 0.1) is 12.3 Å². The van der Waals surface area contributed by atoms with Gasteiger partial charge in [0, 0.05) is 32.8 Å². The van der Waals surface area contributed by atoms with Gasteiger partial charge in [0.15, 0.2) is 0 Å². The lowest BCUT2D eigenvalue weighted by molar-refractivity contribution is 0.0351. The molecule has 0 radical (unpaired) electrons. The molecule has 0 unspecified atom stereocenters. The first kappa shape index (κ1) is 15.3. The summed E-state index contributed by atoms with van der Waals surface area (Å²) in [7, 11) is 1.89. The lowest BCUT2D eigenvalue weighted by Crippen LogP contribution is -2.42. The molecule has 2 aliphatic rings. The standard InChI is InChI=1S/C17H21N5O2/c1-21-14-7-9-22(17(23)13-4-2-3-8-18-13)15(16(14)19-20-21)11-24-10-12-5-6-12/h2-4,8,12,15H,5-7,9-11H2,1H3/t15-/m1/s1. The normalized spacial score (nSPS) is 20.0. The van der Waals surface area contributed by atoms with Crippen molar-refractivity contribution in [2.75, 3.05) is 19.8 Å². The summed E-state index contributed by atoms with van der Waals surface area (Å²) >= 11 is 0. The van der Waals surface area contributed by atoms with Crippen molar-refractivity contribution in [1.29, 1.82) is 0 Å². The van der Waals surface area contributed by atoms with Crippen LogP contribution in [0.2, 0.25) is 0 Å². The van der Waals surface area contributed by atoms with E-state index in [1.165, 1.54) is 12.8 Å². The Labute approximate surface area is 140 Å². The van der Waals surface area contributed by atoms with Crippen LogP contribution < -0.4 is 0 Å². The summed E-state index contributed by atoms with van der Waals surface area (Å²) in [5, 5.41) is 8.42. The molecule has 3 heterocycles. The van der Waals surface area contributed by atoms with Crippen LogP contribution >= 0.6 is 0 Å². The molecule has 0 N–H and O–H groups in total. The van der Waals surface area contributed by atoms with Crippen LogP contribution in [0.1, 0.15) is 40.8 Å². The molecule has 1 atom stereocenters. The number of hydrogen-bond acceptors (Lipinski definition) is 5. The van der Waals surface area contributed by atoms with Crippen molar-refractivity contribution >= 4 is 5.91 Å². The highest BCUT2D eigenvalue weighted by atomic mass is 16.5. The van der Waals surface area contributed by atoms with Crippen LogP contribution in [0.3, 0.4) is 0 Å². The molecule has 1 saturated carbocycles. The molecule has 2 aromatic heterocycles. The van der Waals surface area contributed by atoms with Crippen molar-refractivity contribution in [3.05, 3.63) is 41.5 Å². The van der Waals surface area contributed by atoms with E-state index in [1.807, 2.05) is 24.1 Å². The number of hydrogen-bond donors (Lipinski definition) is 0. The second-order valence-electron chi connectivity index (χ2n) is 6.51. The molecule has 1 aliphatic carbocycles. The second kappa shape index (κ2) is 6.32. The third kappa shape index (κ3) is 2.91. The van der Waals surface area contributed by atoms with Gasteiger partial charge in [-0.2, -0.15) is 0 Å². The summed E-state index contributed by atoms with van der Waals surface area (Å²) in [6.45, 7) is 1.85. The van der Waals surface area contributed by atoms with Crippen molar-refractivity contribution in [3.8, 4) is 0 Å². The average Bonchev–Trinajstić information content (AvgIpc) is 3.37. The Balaban J connectivity index is 1.57. The molecule has 0 saturated heterocycles. The van der Waals surface area contributed by atoms with Gasteiger partial charge >= 0.3 is 0 Å². The van der Waals surface area contributed by atoms with E-state index in [2.05, 4.69) is 15.3 Å². The number of ether oxygens (including phenoxy) is 1. The Morgan fingerprint density at radius 3 is 2.96 bits per heavy atom. The first-order valence-electron chi connectivity index (χ1n) is 8.42. The maximum absolute atomic E-state index is 12.9. The van der Waals surface area contributed by atoms with Crippen molar-refractivity contribution in [2.45, 2.75) is 25.3 Å². The first-order valence-corrected chi connectivity index (χ1v) is 8.42. The number of carbonyl (C=O) groups excluding carboxylic acids is 1. The maximum atomic E-state index is 12.9. The van der Waals surface area contributed by atoms with E-state index in [4.69, 9.17) is 4.74 Å². The van der Waals surface area contributed by atoms with Gasteiger partial charge in [-0.1, -0.05) is 11.3 Å². The summed E-state index contributed by atoms with van der Waals surface area (Å²) in [6, 6.07) is 5.19. The van der Waals surface area contributed by atoms with Gasteiger partial charge < -0.3 is 9.64 Å². The van der Waals surface area contributed by atoms with Crippen LogP contribution in [0.4, 0.5) is 0 Å². The molecule has 126 valence electrons. The number of rotatable bonds is 5. The molecule has 1 aliphatic heterocycles. The zero-order chi connectivity index (χ0) is 16.5. The molecule has 2 aromatic rings. The minimum absolute atomic E-state index is 0.0769. The molecule has 1 fully saturated rings. The highest BCUT2D eigenvalue weighted by molar-refractivity contribution is 5.92. The van der Waals surface area contributed by atoms with Gasteiger partial charge in [0.2, 0.25) is 0 Å². The molecule has 7 nitrogen and oxygen atoms in total. The number of pyridine rings is 1. The van der Waals surface area contributed by atoms with Crippen LogP contribution in [0, 0.1) is 5.92 Å². The average molecular weight is 327 g/mol. The van der Waals surface area contributed by atoms with E-state index in [0.717, 1.165) is 24.4 Å². The molecule has 24 heavy (non-hydrogen) atoms. The van der Waals surface area contributed by atoms with E-state index in [-0.39, 0.29) is 11.9 Å². The molecule has 7 heteroatoms. The third-order valence-electron chi connectivity index (χ3n) is 4.73. The first-order chi connectivity index (χ1) is 11.7. The monoisotopic (exact) mass is 327 g/mol. The molecule has 0 bridgehead atoms. The summed E-state index contributed by atoms with van der Waals surface area (Å²) in [5.74, 6) is 0.613. The molecule has 1 amide bonds. The molecule has 0 spiro atoms. The van der Waals surface area contributed by atoms with Gasteiger partial charge in [-0.15, -0.1) is 5.10 Å². The zero-order valence-corrected chi connectivity index (χ0v) is 13.8. The number of carbonyl (C=O) groups is 1. The molecule has 4 rings (SSSR count). The highest BCUT2D eigenvalue weighted by Crippen LogP contribution is 2.32. The minimum Gasteiger partial charge on any atom is -0.379 e. The van der Waals surface area contributed by atoms with Gasteiger partial charge in [0.25, 0.3) is 5.91 Å². The Kier molecular flexibility index (Phi) is 4.02. The number of aryl methyl sites for hydroxylation is 1. The smallest absolute Gasteiger partial charge is 0.273 e. The molecule has 0 aromatic carbocycles. The topological polar surface area (TPSA) is 73.1 Å². The van der Waals surface area contributed by atoms with Crippen LogP contribution in [0.15, 0.2) is 24.4 Å². The van der Waals surface area contributed by atoms with E-state index in [1.54, 1.807) is 16.9 Å². The zero-order valence-electron chi connectivity index (χ0n) is 13.8. The van der Waals surface area contributed by atoms with Crippen LogP contribution in [-0.2, 0) is 18.2 Å². The van der Waals surface area contributed by atoms with Crippen molar-refractivity contribution in [3.63, 3.8) is 0 Å². The van der Waals surface area contributed by atoms with Gasteiger partial charge in [0.1, 0.15) is 17.4 Å². The van der Waals surface area contributed by atoms with E-state index in [0.29, 0.717) is 24.8 Å². The minimum atomic E-state index is -0.198. The second-order valence-corrected chi connectivity index (χ2v) is 6.51. The van der Waals surface area contributed by atoms with Crippen LogP contribution in [-0.4, -0.2) is 50.5 Å². The lowest BCUT2D eigenvalue weighted by Gasteiger charge is -2.34. The molecular weight excluding hydrogens is 306 g/mol. The molecular formula is C17H21N5O2. The SMILES string of the molecule is Cn1nnc2c1CCN(C(=O)c1ccccn1)[C@@H]2COCC1CC1. The fourth-order valence-corrected chi connectivity index (χ4v) is 3.15. The quantitative estimate of drug-likeness (QED) is 0.829. The number of amides is 1. The van der Waals surface area contributed by atoms with Crippen LogP contribution in [0.5, 0.6) is 0 Å². The predicted octanol–water partition coefficient (Wildman–Crippen LogP) is 1.38. The largest absolute Gasteiger partial charge is 0.379 e. The van der Waals surface area contributed by atoms with E-state index >= 15 is 0 Å². The van der Waals surface area contributed by atoms with Crippen molar-refractivity contribution in [2.24, 2.45) is 13.0 Å². The predicted molar refractivity (Wildman–Crippen MR) is 86.3 cm³/mol. The van der Waals surface area contributed by atoms with Gasteiger partial charge in [-0.3, -0.25) is 14.5 Å². The van der Waals surface area contributed by atoms with Crippen molar-refractivity contribution in [1.82, 2.24) is 24.9 Å². The lowest BCUT2D eigenvalue weighted by atomic mass is 10.0. The number of fused-ring (bicyclic) bond motifs is 1. The van der Waals surface area contributed by atoms with Gasteiger partial charge in [-0.25, -0.2) is 0 Å². The number of aromatic nitrogens is 4. The fraction of sp³-hybridized carbons (Fsp3) is 0.529. The Morgan fingerprint density at radius 2 is 2.21 bits per heavy atom.